The van der Waals surface area contributed by atoms with Gasteiger partial charge in [-0.25, -0.2) is 4.79 Å². The molecule has 0 heterocycles. The first kappa shape index (κ1) is 15.6. The van der Waals surface area contributed by atoms with Crippen molar-refractivity contribution in [2.45, 2.75) is 37.1 Å². The molecule has 124 valence electrons. The molecular formula is C17H21NO5. The number of carboxylic acids is 1. The van der Waals surface area contributed by atoms with Crippen molar-refractivity contribution in [3.63, 3.8) is 0 Å². The molecular weight excluding hydrogens is 298 g/mol. The monoisotopic (exact) mass is 319 g/mol. The molecule has 0 spiro atoms. The van der Waals surface area contributed by atoms with E-state index in [0.29, 0.717) is 25.0 Å². The van der Waals surface area contributed by atoms with Crippen molar-refractivity contribution in [3.05, 3.63) is 23.8 Å². The van der Waals surface area contributed by atoms with Crippen molar-refractivity contribution >= 4 is 11.9 Å². The maximum Gasteiger partial charge on any atom is 0.329 e. The summed E-state index contributed by atoms with van der Waals surface area (Å²) in [7, 11) is 3.19. The SMILES string of the molecule is COc1ccc(OC)c(C2CC2C(=O)NC2(C(=O)O)CCC2)c1. The number of nitrogens with one attached hydrogen (secondary N) is 1. The van der Waals surface area contributed by atoms with Gasteiger partial charge in [0.15, 0.2) is 0 Å². The van der Waals surface area contributed by atoms with Gasteiger partial charge < -0.3 is 19.9 Å². The number of carboxylic acid groups (broad SMARTS) is 1. The van der Waals surface area contributed by atoms with Gasteiger partial charge in [-0.3, -0.25) is 4.79 Å². The van der Waals surface area contributed by atoms with Gasteiger partial charge in [0.25, 0.3) is 0 Å². The standard InChI is InChI=1S/C17H21NO5/c1-22-10-4-5-14(23-2)12(8-10)11-9-13(11)15(19)18-17(16(20)21)6-3-7-17/h4-5,8,11,13H,3,6-7,9H2,1-2H3,(H,18,19)(H,20,21). The maximum atomic E-state index is 12.4. The zero-order chi connectivity index (χ0) is 16.6. The molecule has 1 amide bonds. The van der Waals surface area contributed by atoms with Crippen LogP contribution in [0.25, 0.3) is 0 Å². The first-order valence-corrected chi connectivity index (χ1v) is 7.78. The third kappa shape index (κ3) is 2.73. The van der Waals surface area contributed by atoms with Crippen LogP contribution in [0.15, 0.2) is 18.2 Å². The average Bonchev–Trinajstić information content (AvgIpc) is 3.30. The van der Waals surface area contributed by atoms with E-state index in [0.717, 1.165) is 17.7 Å². The van der Waals surface area contributed by atoms with Crippen LogP contribution in [0.4, 0.5) is 0 Å². The Morgan fingerprint density at radius 3 is 2.52 bits per heavy atom. The molecule has 2 N–H and O–H groups in total. The number of carbonyl (C=O) groups is 2. The topological polar surface area (TPSA) is 84.9 Å². The highest BCUT2D eigenvalue weighted by atomic mass is 16.5. The molecule has 1 aromatic carbocycles. The van der Waals surface area contributed by atoms with Crippen molar-refractivity contribution in [1.82, 2.24) is 5.32 Å². The molecule has 0 saturated heterocycles. The molecule has 6 heteroatoms. The summed E-state index contributed by atoms with van der Waals surface area (Å²) in [6.45, 7) is 0. The molecule has 0 radical (unpaired) electrons. The molecule has 0 aliphatic heterocycles. The van der Waals surface area contributed by atoms with Gasteiger partial charge in [-0.2, -0.15) is 0 Å². The van der Waals surface area contributed by atoms with Crippen LogP contribution in [0.2, 0.25) is 0 Å². The molecule has 2 fully saturated rings. The number of ether oxygens (including phenoxy) is 2. The summed E-state index contributed by atoms with van der Waals surface area (Å²) in [4.78, 5) is 23.8. The van der Waals surface area contributed by atoms with E-state index in [1.165, 1.54) is 0 Å². The zero-order valence-electron chi connectivity index (χ0n) is 13.3. The van der Waals surface area contributed by atoms with Crippen LogP contribution in [0.3, 0.4) is 0 Å². The summed E-state index contributed by atoms with van der Waals surface area (Å²) in [6.07, 6.45) is 2.55. The molecule has 23 heavy (non-hydrogen) atoms. The van der Waals surface area contributed by atoms with Crippen molar-refractivity contribution in [2.24, 2.45) is 5.92 Å². The molecule has 2 aliphatic rings. The highest BCUT2D eigenvalue weighted by molar-refractivity contribution is 5.90. The number of amides is 1. The fourth-order valence-electron chi connectivity index (χ4n) is 3.21. The van der Waals surface area contributed by atoms with E-state index in [4.69, 9.17) is 9.47 Å². The molecule has 3 rings (SSSR count). The van der Waals surface area contributed by atoms with Crippen molar-refractivity contribution in [3.8, 4) is 11.5 Å². The van der Waals surface area contributed by atoms with Gasteiger partial charge in [0.2, 0.25) is 5.91 Å². The number of methoxy groups -OCH3 is 2. The van der Waals surface area contributed by atoms with Crippen LogP contribution in [0.1, 0.15) is 37.2 Å². The molecule has 0 aromatic heterocycles. The van der Waals surface area contributed by atoms with Gasteiger partial charge in [-0.05, 0) is 43.9 Å². The van der Waals surface area contributed by atoms with Crippen LogP contribution in [0.5, 0.6) is 11.5 Å². The third-order valence-corrected chi connectivity index (χ3v) is 4.94. The average molecular weight is 319 g/mol. The third-order valence-electron chi connectivity index (χ3n) is 4.94. The smallest absolute Gasteiger partial charge is 0.329 e. The minimum absolute atomic E-state index is 0.0472. The first-order valence-electron chi connectivity index (χ1n) is 7.78. The molecule has 6 nitrogen and oxygen atoms in total. The lowest BCUT2D eigenvalue weighted by molar-refractivity contribution is -0.152. The Morgan fingerprint density at radius 2 is 2.00 bits per heavy atom. The first-order chi connectivity index (χ1) is 11.0. The van der Waals surface area contributed by atoms with E-state index in [1.54, 1.807) is 14.2 Å². The Hall–Kier alpha value is -2.24. The Morgan fingerprint density at radius 1 is 1.26 bits per heavy atom. The van der Waals surface area contributed by atoms with Gasteiger partial charge in [0.05, 0.1) is 14.2 Å². The van der Waals surface area contributed by atoms with Crippen LogP contribution in [-0.4, -0.2) is 36.7 Å². The number of aliphatic carboxylic acids is 1. The largest absolute Gasteiger partial charge is 0.497 e. The van der Waals surface area contributed by atoms with E-state index in [-0.39, 0.29) is 17.7 Å². The summed E-state index contributed by atoms with van der Waals surface area (Å²) < 4.78 is 10.6. The number of hydrogen-bond donors (Lipinski definition) is 2. The summed E-state index contributed by atoms with van der Waals surface area (Å²) in [5.41, 5.74) is -0.118. The second-order valence-electron chi connectivity index (χ2n) is 6.29. The highest BCUT2D eigenvalue weighted by Crippen LogP contribution is 2.51. The minimum Gasteiger partial charge on any atom is -0.497 e. The molecule has 1 aromatic rings. The van der Waals surface area contributed by atoms with E-state index < -0.39 is 11.5 Å². The fraction of sp³-hybridized carbons (Fsp3) is 0.529. The Labute approximate surface area is 134 Å². The fourth-order valence-corrected chi connectivity index (χ4v) is 3.21. The lowest BCUT2D eigenvalue weighted by atomic mass is 9.76. The summed E-state index contributed by atoms with van der Waals surface area (Å²) in [6, 6.07) is 5.52. The molecule has 2 unspecified atom stereocenters. The van der Waals surface area contributed by atoms with Gasteiger partial charge in [-0.1, -0.05) is 0 Å². The van der Waals surface area contributed by atoms with Crippen LogP contribution in [-0.2, 0) is 9.59 Å². The van der Waals surface area contributed by atoms with Crippen molar-refractivity contribution in [1.29, 1.82) is 0 Å². The Bertz CT molecular complexity index is 638. The number of rotatable bonds is 6. The summed E-state index contributed by atoms with van der Waals surface area (Å²) in [5, 5.41) is 12.1. The second kappa shape index (κ2) is 5.76. The predicted octanol–water partition coefficient (Wildman–Crippen LogP) is 1.93. The van der Waals surface area contributed by atoms with Crippen LogP contribution < -0.4 is 14.8 Å². The molecule has 2 atom stereocenters. The zero-order valence-corrected chi connectivity index (χ0v) is 13.3. The van der Waals surface area contributed by atoms with Gasteiger partial charge >= 0.3 is 5.97 Å². The van der Waals surface area contributed by atoms with E-state index in [2.05, 4.69) is 5.32 Å². The van der Waals surface area contributed by atoms with Gasteiger partial charge in [0, 0.05) is 17.4 Å². The Kier molecular flexibility index (Phi) is 3.92. The second-order valence-corrected chi connectivity index (χ2v) is 6.29. The number of carbonyl (C=O) groups excluding carboxylic acids is 1. The normalized spacial score (nSPS) is 24.3. The lowest BCUT2D eigenvalue weighted by Gasteiger charge is -2.38. The number of benzene rings is 1. The summed E-state index contributed by atoms with van der Waals surface area (Å²) in [5.74, 6) is 0.171. The maximum absolute atomic E-state index is 12.4. The van der Waals surface area contributed by atoms with E-state index >= 15 is 0 Å². The quantitative estimate of drug-likeness (QED) is 0.837. The predicted molar refractivity (Wildman–Crippen MR) is 82.8 cm³/mol. The molecule has 0 bridgehead atoms. The van der Waals surface area contributed by atoms with E-state index in [9.17, 15) is 14.7 Å². The number of hydrogen-bond acceptors (Lipinski definition) is 4. The van der Waals surface area contributed by atoms with Crippen molar-refractivity contribution < 1.29 is 24.2 Å². The molecule has 2 aliphatic carbocycles. The Balaban J connectivity index is 1.72. The minimum atomic E-state index is -1.05. The van der Waals surface area contributed by atoms with Crippen LogP contribution in [0, 0.1) is 5.92 Å². The van der Waals surface area contributed by atoms with Crippen LogP contribution >= 0.6 is 0 Å². The molecule has 2 saturated carbocycles. The van der Waals surface area contributed by atoms with E-state index in [1.807, 2.05) is 18.2 Å². The lowest BCUT2D eigenvalue weighted by Crippen LogP contribution is -2.59. The highest BCUT2D eigenvalue weighted by Gasteiger charge is 2.51. The summed E-state index contributed by atoms with van der Waals surface area (Å²) >= 11 is 0. The van der Waals surface area contributed by atoms with Gasteiger partial charge in [-0.15, -0.1) is 0 Å². The van der Waals surface area contributed by atoms with Crippen molar-refractivity contribution in [2.75, 3.05) is 14.2 Å². The van der Waals surface area contributed by atoms with Gasteiger partial charge in [0.1, 0.15) is 17.0 Å².